The van der Waals surface area contributed by atoms with Crippen molar-refractivity contribution in [3.8, 4) is 17.1 Å². The van der Waals surface area contributed by atoms with Gasteiger partial charge in [-0.25, -0.2) is 9.97 Å². The minimum absolute atomic E-state index is 0.784. The predicted octanol–water partition coefficient (Wildman–Crippen LogP) is 8.03. The lowest BCUT2D eigenvalue weighted by atomic mass is 10.0. The van der Waals surface area contributed by atoms with Gasteiger partial charge in [0.05, 0.1) is 6.61 Å². The van der Waals surface area contributed by atoms with Gasteiger partial charge in [-0.05, 0) is 61.4 Å². The number of benzene rings is 1. The standard InChI is InChI=1S/C27H42N2O/c1-4-6-7-8-9-10-11-12-15-24-21-28-27(29-22-24)25-16-18-26(19-17-25)30-20-13-14-23(3)5-2/h16-19,21-23H,4-15,20H2,1-3H3/t23-/m0/s1. The molecule has 0 unspecified atom stereocenters. The van der Waals surface area contributed by atoms with Crippen molar-refractivity contribution in [1.82, 2.24) is 9.97 Å². The lowest BCUT2D eigenvalue weighted by Gasteiger charge is -2.10. The second-order valence-electron chi connectivity index (χ2n) is 8.67. The molecule has 3 nitrogen and oxygen atoms in total. The molecule has 166 valence electrons. The SMILES string of the molecule is CCCCCCCCCCc1cnc(-c2ccc(OCCC[C@@H](C)CC)cc2)nc1. The first-order valence-corrected chi connectivity index (χ1v) is 12.3. The van der Waals surface area contributed by atoms with Gasteiger partial charge in [-0.15, -0.1) is 0 Å². The summed E-state index contributed by atoms with van der Waals surface area (Å²) in [5.41, 5.74) is 2.28. The van der Waals surface area contributed by atoms with Gasteiger partial charge in [0, 0.05) is 18.0 Å². The van der Waals surface area contributed by atoms with Crippen molar-refractivity contribution in [3.63, 3.8) is 0 Å². The van der Waals surface area contributed by atoms with E-state index in [1.807, 2.05) is 24.5 Å². The Morgan fingerprint density at radius 1 is 0.800 bits per heavy atom. The number of unbranched alkanes of at least 4 members (excludes halogenated alkanes) is 7. The van der Waals surface area contributed by atoms with Crippen molar-refractivity contribution in [2.45, 2.75) is 97.8 Å². The Balaban J connectivity index is 1.67. The van der Waals surface area contributed by atoms with Gasteiger partial charge in [-0.3, -0.25) is 0 Å². The van der Waals surface area contributed by atoms with Crippen LogP contribution in [0.15, 0.2) is 36.7 Å². The van der Waals surface area contributed by atoms with Crippen LogP contribution in [0, 0.1) is 5.92 Å². The van der Waals surface area contributed by atoms with E-state index in [1.165, 1.54) is 69.8 Å². The summed E-state index contributed by atoms with van der Waals surface area (Å²) in [6.07, 6.45) is 19.4. The molecule has 0 aliphatic rings. The van der Waals surface area contributed by atoms with Crippen LogP contribution >= 0.6 is 0 Å². The lowest BCUT2D eigenvalue weighted by Crippen LogP contribution is -2.01. The Hall–Kier alpha value is -1.90. The van der Waals surface area contributed by atoms with Gasteiger partial charge in [0.25, 0.3) is 0 Å². The van der Waals surface area contributed by atoms with Crippen LogP contribution in [0.5, 0.6) is 5.75 Å². The summed E-state index contributed by atoms with van der Waals surface area (Å²) in [6, 6.07) is 8.15. The van der Waals surface area contributed by atoms with Crippen molar-refractivity contribution in [1.29, 1.82) is 0 Å². The number of hydrogen-bond acceptors (Lipinski definition) is 3. The molecule has 0 spiro atoms. The summed E-state index contributed by atoms with van der Waals surface area (Å²) in [5, 5.41) is 0. The molecule has 0 bridgehead atoms. The largest absolute Gasteiger partial charge is 0.494 e. The maximum atomic E-state index is 5.86. The minimum Gasteiger partial charge on any atom is -0.494 e. The second-order valence-corrected chi connectivity index (χ2v) is 8.67. The molecule has 0 saturated carbocycles. The first kappa shape index (κ1) is 24.4. The molecule has 3 heteroatoms. The summed E-state index contributed by atoms with van der Waals surface area (Å²) in [6.45, 7) is 7.60. The van der Waals surface area contributed by atoms with Gasteiger partial charge in [0.1, 0.15) is 5.75 Å². The summed E-state index contributed by atoms with van der Waals surface area (Å²) in [4.78, 5) is 9.16. The second kappa shape index (κ2) is 15.0. The molecular weight excluding hydrogens is 368 g/mol. The van der Waals surface area contributed by atoms with Gasteiger partial charge >= 0.3 is 0 Å². The van der Waals surface area contributed by atoms with Crippen molar-refractivity contribution >= 4 is 0 Å². The van der Waals surface area contributed by atoms with Gasteiger partial charge in [-0.2, -0.15) is 0 Å². The number of rotatable bonds is 16. The van der Waals surface area contributed by atoms with E-state index in [2.05, 4.69) is 42.9 Å². The maximum absolute atomic E-state index is 5.86. The Bertz CT molecular complexity index is 666. The van der Waals surface area contributed by atoms with E-state index in [0.717, 1.165) is 42.5 Å². The van der Waals surface area contributed by atoms with Crippen molar-refractivity contribution in [3.05, 3.63) is 42.2 Å². The first-order chi connectivity index (χ1) is 14.7. The molecule has 0 aliphatic carbocycles. The Morgan fingerprint density at radius 3 is 2.07 bits per heavy atom. The molecule has 1 heterocycles. The van der Waals surface area contributed by atoms with Crippen LogP contribution < -0.4 is 4.74 Å². The average molecular weight is 411 g/mol. The van der Waals surface area contributed by atoms with Gasteiger partial charge < -0.3 is 4.74 Å². The van der Waals surface area contributed by atoms with Crippen molar-refractivity contribution < 1.29 is 4.74 Å². The highest BCUT2D eigenvalue weighted by molar-refractivity contribution is 5.55. The molecule has 0 N–H and O–H groups in total. The van der Waals surface area contributed by atoms with Crippen molar-refractivity contribution in [2.75, 3.05) is 6.61 Å². The molecule has 0 fully saturated rings. The van der Waals surface area contributed by atoms with Crippen LogP contribution in [0.4, 0.5) is 0 Å². The van der Waals surface area contributed by atoms with Crippen molar-refractivity contribution in [2.24, 2.45) is 5.92 Å². The van der Waals surface area contributed by atoms with E-state index in [4.69, 9.17) is 4.74 Å². The molecule has 1 aromatic carbocycles. The summed E-state index contributed by atoms with van der Waals surface area (Å²) in [7, 11) is 0. The predicted molar refractivity (Wildman–Crippen MR) is 128 cm³/mol. The van der Waals surface area contributed by atoms with Gasteiger partial charge in [-0.1, -0.05) is 72.1 Å². The van der Waals surface area contributed by atoms with Gasteiger partial charge in [0.15, 0.2) is 5.82 Å². The molecule has 0 saturated heterocycles. The molecule has 0 aliphatic heterocycles. The molecule has 2 rings (SSSR count). The average Bonchev–Trinajstić information content (AvgIpc) is 2.79. The summed E-state index contributed by atoms with van der Waals surface area (Å²) in [5.74, 6) is 2.50. The fourth-order valence-electron chi connectivity index (χ4n) is 3.62. The highest BCUT2D eigenvalue weighted by Crippen LogP contribution is 2.20. The highest BCUT2D eigenvalue weighted by atomic mass is 16.5. The zero-order valence-corrected chi connectivity index (χ0v) is 19.5. The molecule has 1 aromatic heterocycles. The molecule has 0 amide bonds. The van der Waals surface area contributed by atoms with Crippen LogP contribution in [-0.2, 0) is 6.42 Å². The molecule has 30 heavy (non-hydrogen) atoms. The van der Waals surface area contributed by atoms with E-state index in [0.29, 0.717) is 0 Å². The van der Waals surface area contributed by atoms with E-state index in [9.17, 15) is 0 Å². The number of hydrogen-bond donors (Lipinski definition) is 0. The third-order valence-electron chi connectivity index (χ3n) is 5.94. The number of ether oxygens (including phenoxy) is 1. The topological polar surface area (TPSA) is 35.0 Å². The van der Waals surface area contributed by atoms with E-state index in [1.54, 1.807) is 0 Å². The molecule has 1 atom stereocenters. The Morgan fingerprint density at radius 2 is 1.43 bits per heavy atom. The minimum atomic E-state index is 0.784. The summed E-state index contributed by atoms with van der Waals surface area (Å²) < 4.78 is 5.86. The normalized spacial score (nSPS) is 12.1. The third kappa shape index (κ3) is 9.73. The number of nitrogens with zero attached hydrogens (tertiary/aromatic N) is 2. The smallest absolute Gasteiger partial charge is 0.159 e. The summed E-state index contributed by atoms with van der Waals surface area (Å²) >= 11 is 0. The van der Waals surface area contributed by atoms with E-state index in [-0.39, 0.29) is 0 Å². The first-order valence-electron chi connectivity index (χ1n) is 12.3. The van der Waals surface area contributed by atoms with E-state index < -0.39 is 0 Å². The Labute approximate surface area is 184 Å². The highest BCUT2D eigenvalue weighted by Gasteiger charge is 2.04. The lowest BCUT2D eigenvalue weighted by molar-refractivity contribution is 0.294. The van der Waals surface area contributed by atoms with Crippen LogP contribution in [0.1, 0.15) is 97.0 Å². The zero-order chi connectivity index (χ0) is 21.4. The fraction of sp³-hybridized carbons (Fsp3) is 0.630. The maximum Gasteiger partial charge on any atom is 0.159 e. The zero-order valence-electron chi connectivity index (χ0n) is 19.5. The Kier molecular flexibility index (Phi) is 12.2. The van der Waals surface area contributed by atoms with Crippen LogP contribution in [0.3, 0.4) is 0 Å². The molecule has 2 aromatic rings. The fourth-order valence-corrected chi connectivity index (χ4v) is 3.62. The third-order valence-corrected chi connectivity index (χ3v) is 5.94. The van der Waals surface area contributed by atoms with Crippen LogP contribution in [0.25, 0.3) is 11.4 Å². The quantitative estimate of drug-likeness (QED) is 0.263. The number of aryl methyl sites for hydroxylation is 1. The molecular formula is C27H42N2O. The van der Waals surface area contributed by atoms with Crippen LogP contribution in [0.2, 0.25) is 0 Å². The van der Waals surface area contributed by atoms with Gasteiger partial charge in [0.2, 0.25) is 0 Å². The van der Waals surface area contributed by atoms with E-state index >= 15 is 0 Å². The van der Waals surface area contributed by atoms with Crippen LogP contribution in [-0.4, -0.2) is 16.6 Å². The number of aromatic nitrogens is 2. The monoisotopic (exact) mass is 410 g/mol. The molecule has 0 radical (unpaired) electrons.